The van der Waals surface area contributed by atoms with Crippen LogP contribution in [0.25, 0.3) is 0 Å². The van der Waals surface area contributed by atoms with Gasteiger partial charge in [0.05, 0.1) is 13.2 Å². The van der Waals surface area contributed by atoms with E-state index >= 15 is 0 Å². The third-order valence-electron chi connectivity index (χ3n) is 6.13. The second-order valence-corrected chi connectivity index (χ2v) is 8.31. The van der Waals surface area contributed by atoms with Crippen LogP contribution >= 0.6 is 0 Å². The van der Waals surface area contributed by atoms with Crippen molar-refractivity contribution in [3.8, 4) is 0 Å². The SMILES string of the molecule is Cc1ccc(C2OC[C@H]3OC(c4ccc(C)c(C)c4)OC(C(O)CO)[C@H]3O2)cc1C. The lowest BCUT2D eigenvalue weighted by atomic mass is 9.98. The van der Waals surface area contributed by atoms with E-state index in [-0.39, 0.29) is 0 Å². The molecular formula is C24H30O6. The summed E-state index contributed by atoms with van der Waals surface area (Å²) in [6, 6.07) is 12.1. The molecule has 0 bridgehead atoms. The molecule has 2 fully saturated rings. The van der Waals surface area contributed by atoms with Gasteiger partial charge in [-0.3, -0.25) is 0 Å². The summed E-state index contributed by atoms with van der Waals surface area (Å²) in [6.07, 6.45) is -4.05. The van der Waals surface area contributed by atoms with Crippen LogP contribution in [0.3, 0.4) is 0 Å². The molecule has 6 nitrogen and oxygen atoms in total. The van der Waals surface area contributed by atoms with Crippen LogP contribution in [-0.2, 0) is 18.9 Å². The Labute approximate surface area is 177 Å². The van der Waals surface area contributed by atoms with Gasteiger partial charge in [0.1, 0.15) is 24.4 Å². The Bertz CT molecular complexity index is 895. The fourth-order valence-electron chi connectivity index (χ4n) is 3.93. The van der Waals surface area contributed by atoms with Crippen molar-refractivity contribution < 1.29 is 29.2 Å². The molecule has 2 aromatic rings. The number of ether oxygens (including phenoxy) is 4. The van der Waals surface area contributed by atoms with E-state index in [9.17, 15) is 10.2 Å². The van der Waals surface area contributed by atoms with Gasteiger partial charge in [0.15, 0.2) is 12.6 Å². The highest BCUT2D eigenvalue weighted by atomic mass is 16.8. The molecule has 0 aliphatic carbocycles. The zero-order chi connectivity index (χ0) is 21.4. The smallest absolute Gasteiger partial charge is 0.184 e. The molecular weight excluding hydrogens is 384 g/mol. The Hall–Kier alpha value is -1.80. The third kappa shape index (κ3) is 4.17. The van der Waals surface area contributed by atoms with Gasteiger partial charge in [0.2, 0.25) is 0 Å². The van der Waals surface area contributed by atoms with Crippen LogP contribution < -0.4 is 0 Å². The maximum absolute atomic E-state index is 10.5. The molecule has 4 unspecified atom stereocenters. The predicted molar refractivity (Wildman–Crippen MR) is 111 cm³/mol. The summed E-state index contributed by atoms with van der Waals surface area (Å²) in [7, 11) is 0. The number of aliphatic hydroxyl groups is 2. The van der Waals surface area contributed by atoms with Gasteiger partial charge in [-0.05, 0) is 49.9 Å². The zero-order valence-corrected chi connectivity index (χ0v) is 17.9. The Kier molecular flexibility index (Phi) is 6.25. The van der Waals surface area contributed by atoms with E-state index in [0.717, 1.165) is 22.3 Å². The largest absolute Gasteiger partial charge is 0.394 e. The minimum atomic E-state index is -1.09. The van der Waals surface area contributed by atoms with Crippen LogP contribution in [0.5, 0.6) is 0 Å². The van der Waals surface area contributed by atoms with Gasteiger partial charge in [-0.25, -0.2) is 0 Å². The summed E-state index contributed by atoms with van der Waals surface area (Å²) in [5.41, 5.74) is 6.43. The maximum atomic E-state index is 10.5. The standard InChI is InChI=1S/C24H30O6/c1-13-5-7-17(9-15(13)3)23-27-12-20-22(30-23)21(19(26)11-25)29-24(28-20)18-8-6-14(2)16(4)10-18/h5-10,19-26H,11-12H2,1-4H3/t19?,20-,21?,22+,23?,24?/m1/s1. The van der Waals surface area contributed by atoms with Crippen LogP contribution in [0, 0.1) is 27.7 Å². The Morgan fingerprint density at radius 3 is 2.00 bits per heavy atom. The summed E-state index contributed by atoms with van der Waals surface area (Å²) < 4.78 is 24.4. The number of aryl methyl sites for hydroxylation is 4. The number of benzene rings is 2. The molecule has 0 aromatic heterocycles. The van der Waals surface area contributed by atoms with Gasteiger partial charge in [-0.1, -0.05) is 36.4 Å². The van der Waals surface area contributed by atoms with E-state index < -0.39 is 43.6 Å². The summed E-state index contributed by atoms with van der Waals surface area (Å²) in [4.78, 5) is 0. The fourth-order valence-corrected chi connectivity index (χ4v) is 3.93. The highest BCUT2D eigenvalue weighted by molar-refractivity contribution is 5.32. The predicted octanol–water partition coefficient (Wildman–Crippen LogP) is 3.17. The number of rotatable bonds is 4. The lowest BCUT2D eigenvalue weighted by Crippen LogP contribution is -2.58. The molecule has 30 heavy (non-hydrogen) atoms. The molecule has 162 valence electrons. The molecule has 0 saturated carbocycles. The first-order valence-electron chi connectivity index (χ1n) is 10.4. The van der Waals surface area contributed by atoms with E-state index in [0.29, 0.717) is 6.61 Å². The van der Waals surface area contributed by atoms with Crippen LogP contribution in [0.15, 0.2) is 36.4 Å². The maximum Gasteiger partial charge on any atom is 0.184 e. The van der Waals surface area contributed by atoms with Gasteiger partial charge in [-0.2, -0.15) is 0 Å². The van der Waals surface area contributed by atoms with E-state index in [1.165, 1.54) is 11.1 Å². The van der Waals surface area contributed by atoms with Crippen molar-refractivity contribution in [1.29, 1.82) is 0 Å². The van der Waals surface area contributed by atoms with Crippen molar-refractivity contribution in [2.24, 2.45) is 0 Å². The van der Waals surface area contributed by atoms with Crippen LogP contribution in [0.1, 0.15) is 46.0 Å². The highest BCUT2D eigenvalue weighted by Crippen LogP contribution is 2.39. The Morgan fingerprint density at radius 2 is 1.43 bits per heavy atom. The molecule has 2 aliphatic heterocycles. The molecule has 2 aromatic carbocycles. The van der Waals surface area contributed by atoms with Crippen molar-refractivity contribution >= 4 is 0 Å². The monoisotopic (exact) mass is 414 g/mol. The summed E-state index contributed by atoms with van der Waals surface area (Å²) in [5.74, 6) is 0. The second kappa shape index (κ2) is 8.75. The second-order valence-electron chi connectivity index (χ2n) is 8.31. The molecule has 4 rings (SSSR count). The van der Waals surface area contributed by atoms with Crippen molar-refractivity contribution in [3.63, 3.8) is 0 Å². The minimum absolute atomic E-state index is 0.307. The first-order valence-corrected chi connectivity index (χ1v) is 10.4. The van der Waals surface area contributed by atoms with E-state index in [2.05, 4.69) is 6.92 Å². The van der Waals surface area contributed by atoms with Gasteiger partial charge in [0.25, 0.3) is 0 Å². The van der Waals surface area contributed by atoms with Crippen LogP contribution in [0.2, 0.25) is 0 Å². The highest BCUT2D eigenvalue weighted by Gasteiger charge is 2.48. The van der Waals surface area contributed by atoms with Crippen molar-refractivity contribution in [1.82, 2.24) is 0 Å². The van der Waals surface area contributed by atoms with Gasteiger partial charge >= 0.3 is 0 Å². The first-order chi connectivity index (χ1) is 14.4. The summed E-state index contributed by atoms with van der Waals surface area (Å²) in [6.45, 7) is 8.07. The lowest BCUT2D eigenvalue weighted by molar-refractivity contribution is -0.373. The molecule has 2 saturated heterocycles. The average Bonchev–Trinajstić information content (AvgIpc) is 2.75. The van der Waals surface area contributed by atoms with E-state index in [4.69, 9.17) is 18.9 Å². The first kappa shape index (κ1) is 21.4. The topological polar surface area (TPSA) is 77.4 Å². The third-order valence-corrected chi connectivity index (χ3v) is 6.13. The van der Waals surface area contributed by atoms with E-state index in [1.807, 2.05) is 57.2 Å². The van der Waals surface area contributed by atoms with Gasteiger partial charge in [0, 0.05) is 11.1 Å². The van der Waals surface area contributed by atoms with Crippen LogP contribution in [0.4, 0.5) is 0 Å². The average molecular weight is 414 g/mol. The normalized spacial score (nSPS) is 30.0. The molecule has 2 heterocycles. The molecule has 0 spiro atoms. The number of hydrogen-bond donors (Lipinski definition) is 2. The lowest BCUT2D eigenvalue weighted by Gasteiger charge is -2.47. The molecule has 0 amide bonds. The molecule has 0 radical (unpaired) electrons. The fraction of sp³-hybridized carbons (Fsp3) is 0.500. The van der Waals surface area contributed by atoms with E-state index in [1.54, 1.807) is 0 Å². The molecule has 6 heteroatoms. The molecule has 6 atom stereocenters. The Balaban J connectivity index is 1.57. The molecule has 2 N–H and O–H groups in total. The number of hydrogen-bond acceptors (Lipinski definition) is 6. The zero-order valence-electron chi connectivity index (χ0n) is 17.9. The number of aliphatic hydroxyl groups excluding tert-OH is 2. The van der Waals surface area contributed by atoms with Crippen molar-refractivity contribution in [2.45, 2.75) is 64.7 Å². The van der Waals surface area contributed by atoms with Crippen LogP contribution in [-0.4, -0.2) is 47.8 Å². The summed E-state index contributed by atoms with van der Waals surface area (Å²) >= 11 is 0. The van der Waals surface area contributed by atoms with Gasteiger partial charge < -0.3 is 29.2 Å². The summed E-state index contributed by atoms with van der Waals surface area (Å²) in [5, 5.41) is 20.1. The minimum Gasteiger partial charge on any atom is -0.394 e. The van der Waals surface area contributed by atoms with Gasteiger partial charge in [-0.15, -0.1) is 0 Å². The van der Waals surface area contributed by atoms with Crippen molar-refractivity contribution in [2.75, 3.05) is 13.2 Å². The number of fused-ring (bicyclic) bond motifs is 1. The molecule has 2 aliphatic rings. The quantitative estimate of drug-likeness (QED) is 0.800. The van der Waals surface area contributed by atoms with Crippen molar-refractivity contribution in [3.05, 3.63) is 69.8 Å². The Morgan fingerprint density at radius 1 is 0.833 bits per heavy atom.